The van der Waals surface area contributed by atoms with Crippen LogP contribution in [0.15, 0.2) is 53.5 Å². The highest BCUT2D eigenvalue weighted by Gasteiger charge is 2.29. The highest BCUT2D eigenvalue weighted by molar-refractivity contribution is 6.31. The number of benzene rings is 2. The molecule has 0 aromatic heterocycles. The van der Waals surface area contributed by atoms with Gasteiger partial charge in [-0.3, -0.25) is 9.79 Å². The number of carbonyl (C=O) groups is 1. The molecular formula is C23H28ClFN4O. The van der Waals surface area contributed by atoms with Crippen LogP contribution in [0, 0.1) is 11.7 Å². The van der Waals surface area contributed by atoms with E-state index in [1.807, 2.05) is 23.1 Å². The number of halogens is 2. The monoisotopic (exact) mass is 430 g/mol. The van der Waals surface area contributed by atoms with Gasteiger partial charge in [-0.2, -0.15) is 0 Å². The molecule has 1 atom stereocenters. The Morgan fingerprint density at radius 1 is 1.20 bits per heavy atom. The Morgan fingerprint density at radius 2 is 2.00 bits per heavy atom. The second-order valence-corrected chi connectivity index (χ2v) is 7.92. The normalized spacial score (nSPS) is 16.8. The highest BCUT2D eigenvalue weighted by Crippen LogP contribution is 2.18. The van der Waals surface area contributed by atoms with E-state index in [1.54, 1.807) is 13.1 Å². The zero-order chi connectivity index (χ0) is 21.3. The quantitative estimate of drug-likeness (QED) is 0.499. The van der Waals surface area contributed by atoms with Crippen molar-refractivity contribution in [3.63, 3.8) is 0 Å². The topological polar surface area (TPSA) is 56.7 Å². The third-order valence-electron chi connectivity index (χ3n) is 5.29. The van der Waals surface area contributed by atoms with E-state index in [2.05, 4.69) is 27.8 Å². The number of rotatable bonds is 8. The van der Waals surface area contributed by atoms with Gasteiger partial charge in [0.2, 0.25) is 5.91 Å². The van der Waals surface area contributed by atoms with Crippen LogP contribution in [0.25, 0.3) is 0 Å². The fourth-order valence-electron chi connectivity index (χ4n) is 3.62. The van der Waals surface area contributed by atoms with E-state index >= 15 is 0 Å². The first-order valence-corrected chi connectivity index (χ1v) is 10.6. The summed E-state index contributed by atoms with van der Waals surface area (Å²) in [5.41, 5.74) is 2.13. The standard InChI is InChI=1S/C23H28ClFN4O/c1-26-23(27-11-9-19-7-8-20(25)14-21(19)24)28-15-18-13-22(30)29(16-18)12-10-17-5-3-2-4-6-17/h2-8,14,18H,9-13,15-16H2,1H3,(H2,26,27,28). The first-order chi connectivity index (χ1) is 14.5. The Kier molecular flexibility index (Phi) is 8.08. The number of nitrogens with zero attached hydrogens (tertiary/aromatic N) is 2. The zero-order valence-corrected chi connectivity index (χ0v) is 18.0. The Hall–Kier alpha value is -2.60. The molecule has 0 bridgehead atoms. The maximum Gasteiger partial charge on any atom is 0.223 e. The van der Waals surface area contributed by atoms with E-state index < -0.39 is 0 Å². The lowest BCUT2D eigenvalue weighted by Crippen LogP contribution is -2.41. The summed E-state index contributed by atoms with van der Waals surface area (Å²) in [5, 5.41) is 6.97. The van der Waals surface area contributed by atoms with Crippen molar-refractivity contribution >= 4 is 23.5 Å². The molecule has 30 heavy (non-hydrogen) atoms. The minimum atomic E-state index is -0.335. The van der Waals surface area contributed by atoms with E-state index in [9.17, 15) is 9.18 Å². The highest BCUT2D eigenvalue weighted by atomic mass is 35.5. The summed E-state index contributed by atoms with van der Waals surface area (Å²) in [4.78, 5) is 18.5. The van der Waals surface area contributed by atoms with Crippen LogP contribution in [-0.4, -0.2) is 50.0 Å². The van der Waals surface area contributed by atoms with Crippen LogP contribution < -0.4 is 10.6 Å². The molecule has 1 aliphatic heterocycles. The van der Waals surface area contributed by atoms with Crippen molar-refractivity contribution in [2.24, 2.45) is 10.9 Å². The molecule has 7 heteroatoms. The lowest BCUT2D eigenvalue weighted by Gasteiger charge is -2.18. The van der Waals surface area contributed by atoms with Crippen LogP contribution in [0.3, 0.4) is 0 Å². The van der Waals surface area contributed by atoms with E-state index in [4.69, 9.17) is 11.6 Å². The van der Waals surface area contributed by atoms with Gasteiger partial charge in [0.1, 0.15) is 5.82 Å². The molecule has 2 N–H and O–H groups in total. The Balaban J connectivity index is 1.39. The SMILES string of the molecule is CN=C(NCCc1ccc(F)cc1Cl)NCC1CC(=O)N(CCc2ccccc2)C1. The molecule has 0 radical (unpaired) electrons. The summed E-state index contributed by atoms with van der Waals surface area (Å²) in [6.07, 6.45) is 2.10. The Labute approximate surface area is 182 Å². The summed E-state index contributed by atoms with van der Waals surface area (Å²) in [7, 11) is 1.71. The van der Waals surface area contributed by atoms with Gasteiger partial charge < -0.3 is 15.5 Å². The molecule has 2 aromatic rings. The van der Waals surface area contributed by atoms with Crippen molar-refractivity contribution in [1.29, 1.82) is 0 Å². The van der Waals surface area contributed by atoms with E-state index in [0.717, 1.165) is 25.1 Å². The number of aliphatic imine (C=N–C) groups is 1. The molecule has 0 aliphatic carbocycles. The van der Waals surface area contributed by atoms with Crippen LogP contribution in [0.4, 0.5) is 4.39 Å². The summed E-state index contributed by atoms with van der Waals surface area (Å²) in [5.74, 6) is 0.825. The van der Waals surface area contributed by atoms with Crippen molar-refractivity contribution in [2.45, 2.75) is 19.3 Å². The Bertz CT molecular complexity index is 875. The number of hydrogen-bond donors (Lipinski definition) is 2. The van der Waals surface area contributed by atoms with Crippen molar-refractivity contribution in [1.82, 2.24) is 15.5 Å². The van der Waals surface area contributed by atoms with Gasteiger partial charge in [-0.15, -0.1) is 0 Å². The molecule has 160 valence electrons. The van der Waals surface area contributed by atoms with Crippen LogP contribution in [0.5, 0.6) is 0 Å². The number of guanidine groups is 1. The lowest BCUT2D eigenvalue weighted by atomic mass is 10.1. The number of hydrogen-bond acceptors (Lipinski definition) is 2. The van der Waals surface area contributed by atoms with E-state index in [1.165, 1.54) is 17.7 Å². The molecule has 1 unspecified atom stereocenters. The van der Waals surface area contributed by atoms with Gasteiger partial charge in [-0.05, 0) is 36.1 Å². The first-order valence-electron chi connectivity index (χ1n) is 10.3. The summed E-state index contributed by atoms with van der Waals surface area (Å²) in [6.45, 7) is 2.83. The maximum atomic E-state index is 13.1. The van der Waals surface area contributed by atoms with Gasteiger partial charge in [0.15, 0.2) is 5.96 Å². The smallest absolute Gasteiger partial charge is 0.223 e. The van der Waals surface area contributed by atoms with Crippen molar-refractivity contribution in [3.05, 3.63) is 70.5 Å². The van der Waals surface area contributed by atoms with E-state index in [0.29, 0.717) is 36.9 Å². The van der Waals surface area contributed by atoms with Gasteiger partial charge in [0, 0.05) is 50.6 Å². The molecule has 1 amide bonds. The van der Waals surface area contributed by atoms with Crippen molar-refractivity contribution in [2.75, 3.05) is 33.2 Å². The van der Waals surface area contributed by atoms with Gasteiger partial charge in [0.05, 0.1) is 0 Å². The fourth-order valence-corrected chi connectivity index (χ4v) is 3.88. The average molecular weight is 431 g/mol. The predicted molar refractivity (Wildman–Crippen MR) is 119 cm³/mol. The molecule has 3 rings (SSSR count). The van der Waals surface area contributed by atoms with Crippen molar-refractivity contribution < 1.29 is 9.18 Å². The zero-order valence-electron chi connectivity index (χ0n) is 17.2. The minimum absolute atomic E-state index is 0.214. The molecule has 1 aliphatic rings. The first kappa shape index (κ1) is 22.1. The molecule has 2 aromatic carbocycles. The van der Waals surface area contributed by atoms with Crippen LogP contribution in [0.2, 0.25) is 5.02 Å². The summed E-state index contributed by atoms with van der Waals surface area (Å²) >= 11 is 6.07. The van der Waals surface area contributed by atoms with E-state index in [-0.39, 0.29) is 17.6 Å². The molecule has 5 nitrogen and oxygen atoms in total. The molecular weight excluding hydrogens is 403 g/mol. The predicted octanol–water partition coefficient (Wildman–Crippen LogP) is 3.28. The van der Waals surface area contributed by atoms with Gasteiger partial charge >= 0.3 is 0 Å². The molecule has 1 heterocycles. The van der Waals surface area contributed by atoms with Gasteiger partial charge in [-0.25, -0.2) is 4.39 Å². The number of likely N-dealkylation sites (tertiary alicyclic amines) is 1. The van der Waals surface area contributed by atoms with Crippen LogP contribution in [-0.2, 0) is 17.6 Å². The summed E-state index contributed by atoms with van der Waals surface area (Å²) < 4.78 is 13.1. The molecule has 0 spiro atoms. The average Bonchev–Trinajstić information content (AvgIpc) is 3.10. The molecule has 1 fully saturated rings. The van der Waals surface area contributed by atoms with Gasteiger partial charge in [0.25, 0.3) is 0 Å². The van der Waals surface area contributed by atoms with Gasteiger partial charge in [-0.1, -0.05) is 48.0 Å². The van der Waals surface area contributed by atoms with Crippen LogP contribution >= 0.6 is 11.6 Å². The maximum absolute atomic E-state index is 13.1. The Morgan fingerprint density at radius 3 is 2.73 bits per heavy atom. The third kappa shape index (κ3) is 6.46. The lowest BCUT2D eigenvalue weighted by molar-refractivity contribution is -0.127. The number of carbonyl (C=O) groups excluding carboxylic acids is 1. The second kappa shape index (κ2) is 11.0. The minimum Gasteiger partial charge on any atom is -0.356 e. The second-order valence-electron chi connectivity index (χ2n) is 7.51. The summed E-state index contributed by atoms with van der Waals surface area (Å²) in [6, 6.07) is 14.7. The number of amides is 1. The van der Waals surface area contributed by atoms with Crippen molar-refractivity contribution in [3.8, 4) is 0 Å². The molecule has 0 saturated carbocycles. The molecule has 1 saturated heterocycles. The third-order valence-corrected chi connectivity index (χ3v) is 5.64. The number of nitrogens with one attached hydrogen (secondary N) is 2. The fraction of sp³-hybridized carbons (Fsp3) is 0.391. The van der Waals surface area contributed by atoms with Crippen LogP contribution in [0.1, 0.15) is 17.5 Å². The largest absolute Gasteiger partial charge is 0.356 e.